The van der Waals surface area contributed by atoms with E-state index in [2.05, 4.69) is 9.97 Å². The van der Waals surface area contributed by atoms with Gasteiger partial charge in [-0.2, -0.15) is 0 Å². The van der Waals surface area contributed by atoms with E-state index >= 15 is 0 Å². The number of nitrogens with one attached hydrogen (secondary N) is 1. The molecule has 0 fully saturated rings. The van der Waals surface area contributed by atoms with Crippen LogP contribution in [0.3, 0.4) is 0 Å². The molecule has 0 radical (unpaired) electrons. The molecule has 1 N–H and O–H groups in total. The van der Waals surface area contributed by atoms with Crippen LogP contribution in [0.15, 0.2) is 53.3 Å². The lowest BCUT2D eigenvalue weighted by Gasteiger charge is -1.98. The molecule has 0 aliphatic heterocycles. The lowest BCUT2D eigenvalue weighted by Crippen LogP contribution is -2.09. The standard InChI is InChI=1S/C17H12N2O2/c20-11-13-7-5-12(6-8-13)9-10-16-18-15-4-2-1-3-14(15)17(21)19-16/h1-11H,(H,18,19,21)/b10-9+. The van der Waals surface area contributed by atoms with Gasteiger partial charge in [0.1, 0.15) is 12.1 Å². The highest BCUT2D eigenvalue weighted by atomic mass is 16.1. The van der Waals surface area contributed by atoms with Gasteiger partial charge < -0.3 is 4.98 Å². The van der Waals surface area contributed by atoms with Crippen molar-refractivity contribution in [2.24, 2.45) is 0 Å². The molecule has 3 rings (SSSR count). The molecule has 0 aliphatic rings. The van der Waals surface area contributed by atoms with Crippen molar-refractivity contribution in [2.45, 2.75) is 0 Å². The second kappa shape index (κ2) is 5.54. The number of hydrogen-bond donors (Lipinski definition) is 1. The molecule has 0 atom stereocenters. The molecule has 0 bridgehead atoms. The Kier molecular flexibility index (Phi) is 3.43. The minimum Gasteiger partial charge on any atom is -0.306 e. The topological polar surface area (TPSA) is 62.8 Å². The van der Waals surface area contributed by atoms with Gasteiger partial charge in [0.2, 0.25) is 0 Å². The van der Waals surface area contributed by atoms with Crippen molar-refractivity contribution in [3.63, 3.8) is 0 Å². The molecule has 3 aromatic rings. The predicted octanol–water partition coefficient (Wildman–Crippen LogP) is 2.91. The van der Waals surface area contributed by atoms with Gasteiger partial charge in [-0.05, 0) is 23.8 Å². The lowest BCUT2D eigenvalue weighted by molar-refractivity contribution is 0.112. The van der Waals surface area contributed by atoms with Crippen molar-refractivity contribution in [1.29, 1.82) is 0 Å². The Morgan fingerprint density at radius 3 is 2.38 bits per heavy atom. The van der Waals surface area contributed by atoms with Gasteiger partial charge in [0.05, 0.1) is 10.9 Å². The van der Waals surface area contributed by atoms with E-state index in [4.69, 9.17) is 0 Å². The van der Waals surface area contributed by atoms with Crippen LogP contribution < -0.4 is 5.56 Å². The van der Waals surface area contributed by atoms with Crippen LogP contribution in [-0.4, -0.2) is 16.3 Å². The largest absolute Gasteiger partial charge is 0.306 e. The highest BCUT2D eigenvalue weighted by molar-refractivity contribution is 5.79. The molecule has 102 valence electrons. The van der Waals surface area contributed by atoms with Gasteiger partial charge in [0.25, 0.3) is 5.56 Å². The van der Waals surface area contributed by atoms with Gasteiger partial charge >= 0.3 is 0 Å². The molecule has 4 heteroatoms. The highest BCUT2D eigenvalue weighted by Gasteiger charge is 2.00. The molecule has 0 saturated carbocycles. The number of aromatic nitrogens is 2. The summed E-state index contributed by atoms with van der Waals surface area (Å²) >= 11 is 0. The van der Waals surface area contributed by atoms with E-state index < -0.39 is 0 Å². The van der Waals surface area contributed by atoms with Gasteiger partial charge in [0.15, 0.2) is 0 Å². The smallest absolute Gasteiger partial charge is 0.259 e. The Labute approximate surface area is 120 Å². The van der Waals surface area contributed by atoms with Crippen LogP contribution in [0.4, 0.5) is 0 Å². The fourth-order valence-corrected chi connectivity index (χ4v) is 2.04. The molecule has 0 spiro atoms. The second-order valence-electron chi connectivity index (χ2n) is 4.59. The minimum absolute atomic E-state index is 0.156. The number of aromatic amines is 1. The summed E-state index contributed by atoms with van der Waals surface area (Å²) in [5.74, 6) is 0.498. The third-order valence-electron chi connectivity index (χ3n) is 3.14. The average Bonchev–Trinajstić information content (AvgIpc) is 2.53. The summed E-state index contributed by atoms with van der Waals surface area (Å²) in [5, 5.41) is 0.574. The molecular formula is C17H12N2O2. The Hall–Kier alpha value is -3.01. The van der Waals surface area contributed by atoms with E-state index in [1.54, 1.807) is 30.3 Å². The number of rotatable bonds is 3. The Bertz CT molecular complexity index is 877. The van der Waals surface area contributed by atoms with E-state index in [1.807, 2.05) is 30.3 Å². The average molecular weight is 276 g/mol. The maximum absolute atomic E-state index is 11.9. The molecule has 0 amide bonds. The number of para-hydroxylation sites is 1. The van der Waals surface area contributed by atoms with Crippen LogP contribution in [-0.2, 0) is 0 Å². The third-order valence-corrected chi connectivity index (χ3v) is 3.14. The summed E-state index contributed by atoms with van der Waals surface area (Å²) in [6.07, 6.45) is 4.38. The summed E-state index contributed by atoms with van der Waals surface area (Å²) in [6, 6.07) is 14.3. The number of fused-ring (bicyclic) bond motifs is 1. The first-order valence-electron chi connectivity index (χ1n) is 6.49. The third kappa shape index (κ3) is 2.79. The number of nitrogens with zero attached hydrogens (tertiary/aromatic N) is 1. The molecule has 1 aromatic heterocycles. The van der Waals surface area contributed by atoms with Crippen LogP contribution in [0, 0.1) is 0 Å². The summed E-state index contributed by atoms with van der Waals surface area (Å²) in [4.78, 5) is 29.6. The molecular weight excluding hydrogens is 264 g/mol. The van der Waals surface area contributed by atoms with Crippen molar-refractivity contribution >= 4 is 29.3 Å². The van der Waals surface area contributed by atoms with Crippen LogP contribution in [0.1, 0.15) is 21.7 Å². The number of carbonyl (C=O) groups excluding carboxylic acids is 1. The molecule has 21 heavy (non-hydrogen) atoms. The Morgan fingerprint density at radius 1 is 0.905 bits per heavy atom. The zero-order chi connectivity index (χ0) is 14.7. The maximum Gasteiger partial charge on any atom is 0.259 e. The molecule has 4 nitrogen and oxygen atoms in total. The molecule has 1 heterocycles. The van der Waals surface area contributed by atoms with Gasteiger partial charge in [-0.25, -0.2) is 4.98 Å². The molecule has 0 unspecified atom stereocenters. The van der Waals surface area contributed by atoms with Crippen molar-refractivity contribution in [3.05, 3.63) is 75.8 Å². The van der Waals surface area contributed by atoms with Crippen molar-refractivity contribution in [3.8, 4) is 0 Å². The van der Waals surface area contributed by atoms with Gasteiger partial charge in [-0.15, -0.1) is 0 Å². The molecule has 2 aromatic carbocycles. The fourth-order valence-electron chi connectivity index (χ4n) is 2.04. The summed E-state index contributed by atoms with van der Waals surface area (Å²) < 4.78 is 0. The summed E-state index contributed by atoms with van der Waals surface area (Å²) in [7, 11) is 0. The van der Waals surface area contributed by atoms with Gasteiger partial charge in [0, 0.05) is 5.56 Å². The van der Waals surface area contributed by atoms with Crippen molar-refractivity contribution < 1.29 is 4.79 Å². The first kappa shape index (κ1) is 13.0. The van der Waals surface area contributed by atoms with Crippen LogP contribution in [0.25, 0.3) is 23.1 Å². The predicted molar refractivity (Wildman–Crippen MR) is 83.1 cm³/mol. The zero-order valence-corrected chi connectivity index (χ0v) is 11.1. The van der Waals surface area contributed by atoms with Crippen LogP contribution in [0.5, 0.6) is 0 Å². The first-order valence-corrected chi connectivity index (χ1v) is 6.49. The SMILES string of the molecule is O=Cc1ccc(/C=C/c2nc3ccccc3c(=O)[nH]2)cc1. The number of benzene rings is 2. The van der Waals surface area contributed by atoms with Crippen molar-refractivity contribution in [2.75, 3.05) is 0 Å². The number of carbonyl (C=O) groups is 1. The highest BCUT2D eigenvalue weighted by Crippen LogP contribution is 2.09. The van der Waals surface area contributed by atoms with E-state index in [0.29, 0.717) is 22.3 Å². The van der Waals surface area contributed by atoms with Crippen LogP contribution in [0.2, 0.25) is 0 Å². The first-order chi connectivity index (χ1) is 10.3. The maximum atomic E-state index is 11.9. The van der Waals surface area contributed by atoms with Crippen molar-refractivity contribution in [1.82, 2.24) is 9.97 Å². The Balaban J connectivity index is 1.95. The zero-order valence-electron chi connectivity index (χ0n) is 11.1. The molecule has 0 saturated heterocycles. The van der Waals surface area contributed by atoms with E-state index in [0.717, 1.165) is 11.8 Å². The number of H-pyrrole nitrogens is 1. The summed E-state index contributed by atoms with van der Waals surface area (Å²) in [6.45, 7) is 0. The molecule has 0 aliphatic carbocycles. The fraction of sp³-hybridized carbons (Fsp3) is 0. The van der Waals surface area contributed by atoms with E-state index in [-0.39, 0.29) is 5.56 Å². The Morgan fingerprint density at radius 2 is 1.62 bits per heavy atom. The van der Waals surface area contributed by atoms with Crippen LogP contribution >= 0.6 is 0 Å². The van der Waals surface area contributed by atoms with E-state index in [9.17, 15) is 9.59 Å². The summed E-state index contributed by atoms with van der Waals surface area (Å²) in [5.41, 5.74) is 2.06. The monoisotopic (exact) mass is 276 g/mol. The second-order valence-corrected chi connectivity index (χ2v) is 4.59. The van der Waals surface area contributed by atoms with Gasteiger partial charge in [-0.1, -0.05) is 42.5 Å². The quantitative estimate of drug-likeness (QED) is 0.748. The normalized spacial score (nSPS) is 11.0. The van der Waals surface area contributed by atoms with Gasteiger partial charge in [-0.3, -0.25) is 9.59 Å². The number of hydrogen-bond acceptors (Lipinski definition) is 3. The lowest BCUT2D eigenvalue weighted by atomic mass is 10.1. The van der Waals surface area contributed by atoms with E-state index in [1.165, 1.54) is 0 Å². The number of aldehydes is 1. The minimum atomic E-state index is -0.156.